The van der Waals surface area contributed by atoms with E-state index in [-0.39, 0.29) is 74.6 Å². The number of hydrogen-bond acceptors (Lipinski definition) is 28. The van der Waals surface area contributed by atoms with E-state index in [0.717, 1.165) is 44.4 Å². The number of aromatic nitrogens is 6. The Kier molecular flexibility index (Phi) is 31.2. The van der Waals surface area contributed by atoms with Crippen LogP contribution in [0.25, 0.3) is 22.5 Å². The number of unbranched alkanes of at least 4 members (excludes halogenated alkanes) is 2. The molecular formula is C89H134F2N12O20. The number of cyclic esters (lactones) is 2. The number of carbonyl (C=O) groups excluding carboxylic acids is 8. The predicted molar refractivity (Wildman–Crippen MR) is 450 cm³/mol. The minimum Gasteiger partial charge on any atom is -0.455 e. The monoisotopic (exact) mass is 1730 g/mol. The van der Waals surface area contributed by atoms with Crippen LogP contribution in [0.1, 0.15) is 188 Å². The summed E-state index contributed by atoms with van der Waals surface area (Å²) in [5, 5.41) is 40.2. The first kappa shape index (κ1) is 97.1. The number of rotatable bonds is 24. The molecular weight excluding hydrogens is 1600 g/mol. The number of benzene rings is 2. The Morgan fingerprint density at radius 1 is 0.545 bits per heavy atom. The number of halogens is 2. The number of aryl methyl sites for hydroxylation is 2. The summed E-state index contributed by atoms with van der Waals surface area (Å²) in [7, 11) is 8.41. The summed E-state index contributed by atoms with van der Waals surface area (Å²) >= 11 is 0. The van der Waals surface area contributed by atoms with Crippen molar-refractivity contribution >= 4 is 58.6 Å². The molecule has 8 heterocycles. The number of amides is 2. The van der Waals surface area contributed by atoms with Crippen molar-refractivity contribution in [1.82, 2.24) is 49.6 Å². The first-order valence-electron chi connectivity index (χ1n) is 43.7. The Morgan fingerprint density at radius 2 is 0.919 bits per heavy atom. The van der Waals surface area contributed by atoms with Crippen LogP contribution >= 0.6 is 0 Å². The van der Waals surface area contributed by atoms with Crippen LogP contribution in [-0.2, 0) is 89.2 Å². The van der Waals surface area contributed by atoms with Crippen LogP contribution in [0.4, 0.5) is 29.7 Å². The third kappa shape index (κ3) is 21.0. The maximum Gasteiger partial charge on any atom is 0.410 e. The highest BCUT2D eigenvalue weighted by atomic mass is 19.1. The second-order valence-corrected chi connectivity index (χ2v) is 37.0. The fourth-order valence-electron chi connectivity index (χ4n) is 19.8. The van der Waals surface area contributed by atoms with Gasteiger partial charge in [-0.05, 0) is 184 Å². The molecule has 0 radical (unpaired) electrons. The number of alkyl halides is 2. The molecule has 7 aliphatic rings. The Morgan fingerprint density at radius 3 is 1.28 bits per heavy atom. The number of likely N-dealkylation sites (N-methyl/N-ethyl adjacent to an activating group) is 2. The van der Waals surface area contributed by atoms with Gasteiger partial charge in [-0.2, -0.15) is 0 Å². The highest BCUT2D eigenvalue weighted by molar-refractivity contribution is 6.08. The van der Waals surface area contributed by atoms with E-state index in [9.17, 15) is 48.6 Å². The minimum atomic E-state index is -3.19. The lowest BCUT2D eigenvalue weighted by Crippen LogP contribution is -2.62. The molecule has 684 valence electrons. The smallest absolute Gasteiger partial charge is 0.410 e. The number of methoxy groups -OCH3 is 2. The molecule has 2 aromatic carbocycles. The Hall–Kier alpha value is -8.06. The molecule has 1 saturated carbocycles. The number of ketones is 4. The molecule has 1 aliphatic carbocycles. The number of hydrogen-bond donors (Lipinski definition) is 4. The van der Waals surface area contributed by atoms with E-state index >= 15 is 8.78 Å². The van der Waals surface area contributed by atoms with E-state index < -0.39 is 166 Å². The van der Waals surface area contributed by atoms with Crippen molar-refractivity contribution in [2.75, 3.05) is 66.5 Å². The number of esters is 2. The predicted octanol–water partition coefficient (Wildman–Crippen LogP) is 9.99. The van der Waals surface area contributed by atoms with Gasteiger partial charge in [-0.15, -0.1) is 10.2 Å². The molecule has 34 heteroatoms. The van der Waals surface area contributed by atoms with Crippen molar-refractivity contribution in [3.05, 3.63) is 60.9 Å². The summed E-state index contributed by atoms with van der Waals surface area (Å²) < 4.78 is 98.8. The average molecular weight is 1730 g/mol. The molecule has 7 fully saturated rings. The topological polar surface area (TPSA) is 396 Å². The van der Waals surface area contributed by atoms with Gasteiger partial charge >= 0.3 is 24.1 Å². The lowest BCUT2D eigenvalue weighted by molar-refractivity contribution is -0.296. The number of aliphatic hydroxyl groups excluding tert-OH is 2. The fourth-order valence-corrected chi connectivity index (χ4v) is 19.8. The molecule has 6 saturated heterocycles. The van der Waals surface area contributed by atoms with Crippen LogP contribution in [0.2, 0.25) is 0 Å². The third-order valence-corrected chi connectivity index (χ3v) is 27.0. The summed E-state index contributed by atoms with van der Waals surface area (Å²) in [5.41, 5.74) is 3.61. The van der Waals surface area contributed by atoms with Gasteiger partial charge in [0.15, 0.2) is 35.3 Å². The van der Waals surface area contributed by atoms with Gasteiger partial charge in [-0.1, -0.05) is 90.1 Å². The number of nitrogen functional groups attached to an aromatic ring is 2. The van der Waals surface area contributed by atoms with E-state index in [1.807, 2.05) is 88.7 Å². The molecule has 0 bridgehead atoms. The number of carbonyl (C=O) groups is 8. The number of anilines is 2. The first-order valence-corrected chi connectivity index (χ1v) is 43.7. The number of aliphatic hydroxyl groups is 2. The lowest BCUT2D eigenvalue weighted by atomic mass is 9.73. The second kappa shape index (κ2) is 39.4. The molecule has 11 rings (SSSR count). The van der Waals surface area contributed by atoms with E-state index in [1.54, 1.807) is 90.7 Å². The van der Waals surface area contributed by atoms with Crippen molar-refractivity contribution in [1.29, 1.82) is 0 Å². The van der Waals surface area contributed by atoms with Crippen LogP contribution in [0.5, 0.6) is 0 Å². The highest BCUT2D eigenvalue weighted by Gasteiger charge is 2.65. The van der Waals surface area contributed by atoms with Crippen molar-refractivity contribution in [3.63, 3.8) is 0 Å². The summed E-state index contributed by atoms with van der Waals surface area (Å²) in [6.45, 7) is 27.2. The van der Waals surface area contributed by atoms with Crippen molar-refractivity contribution in [2.24, 2.45) is 41.4 Å². The zero-order valence-electron chi connectivity index (χ0n) is 75.5. The number of nitrogens with two attached hydrogens (primary N) is 2. The van der Waals surface area contributed by atoms with Crippen LogP contribution < -0.4 is 11.5 Å². The van der Waals surface area contributed by atoms with Crippen molar-refractivity contribution in [3.8, 4) is 22.5 Å². The zero-order valence-corrected chi connectivity index (χ0v) is 75.5. The molecule has 0 unspecified atom stereocenters. The minimum absolute atomic E-state index is 0.00327. The van der Waals surface area contributed by atoms with E-state index in [4.69, 9.17) is 58.8 Å². The van der Waals surface area contributed by atoms with Gasteiger partial charge < -0.3 is 88.6 Å². The lowest BCUT2D eigenvalue weighted by Gasteiger charge is -2.47. The number of fused-ring (bicyclic) bond motifs is 2. The number of Topliss-reactive ketones (excluding diaryl/α,β-unsaturated/α-hetero) is 4. The largest absolute Gasteiger partial charge is 0.455 e. The van der Waals surface area contributed by atoms with Crippen LogP contribution in [0, 0.1) is 41.4 Å². The van der Waals surface area contributed by atoms with Gasteiger partial charge in [-0.3, -0.25) is 28.5 Å². The maximum absolute atomic E-state index is 17.0. The Bertz CT molecular complexity index is 4360. The quantitative estimate of drug-likeness (QED) is 0.0166. The standard InChI is InChI=1S/C46H69FN6O10.C43H65FN6O10/c1-11-35-46(8)38(53(43(58)63-46)20-13-12-19-52-25-33(49-50-52)31-15-14-16-32(48)22-31)28(4)36(54)26(2)23-44(6,59-10)40(29(5)39(56)45(7,47)42(57)61-35)62-41-37(55)34(21-27(3)60-41)51(9)24-30-17-18-30;1-12-32-43(8)35(50(40(55)60-43)19-14-13-18-49-23-30(46-47-49)28-16-15-17-29(45)21-28)26(4)33(51)24(2)22-41(6,56-11)37(27(5)36(53)42(7,44)39(54)58-32)59-38-34(52)31(48(9)10)20-25(3)57-38/h14-16,22,25-30,34-35,37-38,40-41,55H,11-13,17-21,23-24,48H2,1-10H3;15-17,21,23-27,31-32,34-35,37-38,52H,12-14,18-20,22,45H2,1-11H3/t26-,27-,28+,29+,34+,35-,37-,38-,40-,41+,44+,45+,46-;24-,25-,26+,27+,31+,32-,34-,35-,37-,38+,41+,42+,43-/m11/s1. The molecule has 26 atom stereocenters. The van der Waals surface area contributed by atoms with Gasteiger partial charge in [-0.25, -0.2) is 28.0 Å². The van der Waals surface area contributed by atoms with E-state index in [0.29, 0.717) is 80.3 Å². The first-order chi connectivity index (χ1) is 57.7. The van der Waals surface area contributed by atoms with Crippen molar-refractivity contribution in [2.45, 2.75) is 320 Å². The van der Waals surface area contributed by atoms with Crippen molar-refractivity contribution < 1.29 is 105 Å². The Labute approximate surface area is 721 Å². The summed E-state index contributed by atoms with van der Waals surface area (Å²) in [4.78, 5) is 121. The van der Waals surface area contributed by atoms with Gasteiger partial charge in [0.25, 0.3) is 11.3 Å². The third-order valence-electron chi connectivity index (χ3n) is 27.0. The normalized spacial score (nSPS) is 37.1. The summed E-state index contributed by atoms with van der Waals surface area (Å²) in [6.07, 6.45) is -2.76. The summed E-state index contributed by atoms with van der Waals surface area (Å²) in [5.74, 6) is -11.1. The highest BCUT2D eigenvalue weighted by Crippen LogP contribution is 2.48. The molecule has 6 aliphatic heterocycles. The molecule has 123 heavy (non-hydrogen) atoms. The molecule has 6 N–H and O–H groups in total. The molecule has 32 nitrogen and oxygen atoms in total. The fraction of sp³-hybridized carbons (Fsp3) is 0.730. The van der Waals surface area contributed by atoms with Gasteiger partial charge in [0.1, 0.15) is 47.4 Å². The Balaban J connectivity index is 0.000000258. The van der Waals surface area contributed by atoms with Gasteiger partial charge in [0, 0.05) is 117 Å². The number of nitrogens with zero attached hydrogens (tertiary/aromatic N) is 10. The van der Waals surface area contributed by atoms with Crippen LogP contribution in [0.3, 0.4) is 0 Å². The summed E-state index contributed by atoms with van der Waals surface area (Å²) in [6, 6.07) is 12.1. The molecule has 0 spiro atoms. The second-order valence-electron chi connectivity index (χ2n) is 37.0. The van der Waals surface area contributed by atoms with Gasteiger partial charge in [0.05, 0.1) is 60.1 Å². The SMILES string of the molecule is CC[C@H]1OC(=O)[C@@](C)(F)C(=O)[C@H](C)[C@@H](O[C@@H]2O[C@H](C)C[C@H](N(C)C)[C@H]2O)[C@@](C)(OC)C[C@@H](C)C(=O)[C@H](C)[C@H]2N(CCCCn3cc(-c4cccc(N)c4)nn3)C(=O)O[C@]12C.CC[C@H]1OC(=O)[C@@](C)(F)C(=O)[C@H](C)[C@@H](O[C@@H]2O[C@H](C)C[C@H](N(C)CC3CC3)[C@H]2O)[C@@](C)(OC)C[C@@H](C)C(=O)[C@H](C)[C@H]2N(CCCCn3cc(-c4cccc(N)c4)nn3)C(=O)O[C@]12C. The number of ether oxygens (including phenoxy) is 10. The zero-order chi connectivity index (χ0) is 90.7. The molecule has 2 amide bonds. The molecule has 2 aromatic heterocycles. The average Bonchev–Trinajstić information content (AvgIpc) is 1.62. The molecule has 4 aromatic rings. The van der Waals surface area contributed by atoms with Crippen LogP contribution in [0.15, 0.2) is 60.9 Å². The van der Waals surface area contributed by atoms with Gasteiger partial charge in [0.2, 0.25) is 0 Å². The van der Waals surface area contributed by atoms with E-state index in [1.165, 1.54) is 37.9 Å². The van der Waals surface area contributed by atoms with E-state index in [2.05, 4.69) is 25.5 Å². The van der Waals surface area contributed by atoms with Crippen LogP contribution in [-0.4, -0.2) is 281 Å². The maximum atomic E-state index is 17.0.